The van der Waals surface area contributed by atoms with Crippen molar-refractivity contribution in [3.05, 3.63) is 28.2 Å². The third-order valence-corrected chi connectivity index (χ3v) is 1.21. The van der Waals surface area contributed by atoms with Crippen molar-refractivity contribution < 1.29 is 4.42 Å². The summed E-state index contributed by atoms with van der Waals surface area (Å²) < 4.78 is 5.83. The normalized spacial score (nSPS) is 8.71. The van der Waals surface area contributed by atoms with Crippen molar-refractivity contribution in [2.24, 2.45) is 0 Å². The first-order valence-corrected chi connectivity index (χ1v) is 3.00. The van der Waals surface area contributed by atoms with E-state index in [1.807, 2.05) is 18.2 Å². The van der Waals surface area contributed by atoms with Crippen molar-refractivity contribution in [1.29, 1.82) is 0 Å². The fraction of sp³-hybridized carbons (Fsp3) is 0. The minimum absolute atomic E-state index is 0.917. The highest BCUT2D eigenvalue weighted by Crippen LogP contribution is 1.99. The molecule has 0 unspecified atom stereocenters. The van der Waals surface area contributed by atoms with Crippen LogP contribution in [0.15, 0.2) is 28.9 Å². The zero-order valence-electron chi connectivity index (χ0n) is 3.60. The number of hydrogen-bond donors (Lipinski definition) is 0. The Balaban J connectivity index is 3.02. The predicted molar refractivity (Wildman–Crippen MR) is 35.8 cm³/mol. The zero-order valence-corrected chi connectivity index (χ0v) is 5.75. The van der Waals surface area contributed by atoms with Crippen LogP contribution >= 0.6 is 22.6 Å². The first-order chi connectivity index (χ1) is 3.39. The van der Waals surface area contributed by atoms with Gasteiger partial charge in [0, 0.05) is 12.1 Å². The number of rotatable bonds is 0. The summed E-state index contributed by atoms with van der Waals surface area (Å²) in [6, 6.07) is 5.69. The Morgan fingerprint density at radius 1 is 1.43 bits per heavy atom. The number of halogens is 1. The molecule has 7 heavy (non-hydrogen) atoms. The second-order valence-electron chi connectivity index (χ2n) is 1.11. The van der Waals surface area contributed by atoms with Gasteiger partial charge in [0.05, 0.1) is 22.6 Å². The molecule has 0 spiro atoms. The smallest absolute Gasteiger partial charge is 0.210 e. The first kappa shape index (κ1) is 5.03. The average molecular weight is 207 g/mol. The van der Waals surface area contributed by atoms with Crippen LogP contribution in [0.2, 0.25) is 0 Å². The molecular weight excluding hydrogens is 203 g/mol. The molecule has 0 amide bonds. The van der Waals surface area contributed by atoms with Gasteiger partial charge in [0.1, 0.15) is 0 Å². The fourth-order valence-corrected chi connectivity index (χ4v) is 0.675. The van der Waals surface area contributed by atoms with Crippen LogP contribution in [-0.4, -0.2) is 0 Å². The van der Waals surface area contributed by atoms with Gasteiger partial charge in [-0.1, -0.05) is 0 Å². The lowest BCUT2D eigenvalue weighted by Gasteiger charge is -1.66. The molecule has 1 heterocycles. The molecule has 1 nitrogen and oxygen atoms in total. The van der Waals surface area contributed by atoms with Crippen LogP contribution in [0.4, 0.5) is 0 Å². The van der Waals surface area contributed by atoms with Gasteiger partial charge in [0.2, 0.25) is 0 Å². The molecule has 0 aliphatic heterocycles. The van der Waals surface area contributed by atoms with Gasteiger partial charge >= 0.3 is 10.0 Å². The first-order valence-electron chi connectivity index (χ1n) is 1.92. The molecular formula is C5H4IO+. The minimum Gasteiger partial charge on any atom is -0.210 e. The maximum absolute atomic E-state index is 4.91. The summed E-state index contributed by atoms with van der Waals surface area (Å²) in [4.78, 5) is 0. The van der Waals surface area contributed by atoms with Gasteiger partial charge in [-0.15, -0.1) is 0 Å². The van der Waals surface area contributed by atoms with Crippen LogP contribution in [0, 0.1) is 3.77 Å². The highest BCUT2D eigenvalue weighted by atomic mass is 127. The summed E-state index contributed by atoms with van der Waals surface area (Å²) in [7, 11) is 0. The molecule has 0 saturated carbocycles. The lowest BCUT2D eigenvalue weighted by atomic mass is 10.6. The van der Waals surface area contributed by atoms with Crippen LogP contribution in [0.3, 0.4) is 0 Å². The second-order valence-corrected chi connectivity index (χ2v) is 2.17. The van der Waals surface area contributed by atoms with E-state index in [9.17, 15) is 0 Å². The van der Waals surface area contributed by atoms with Crippen LogP contribution in [0.25, 0.3) is 0 Å². The van der Waals surface area contributed by atoms with E-state index in [0.717, 1.165) is 3.77 Å². The molecule has 0 aromatic carbocycles. The van der Waals surface area contributed by atoms with Crippen LogP contribution in [-0.2, 0) is 0 Å². The maximum Gasteiger partial charge on any atom is 0.385 e. The fourth-order valence-electron chi connectivity index (χ4n) is 0.320. The Hall–Kier alpha value is -0.120. The van der Waals surface area contributed by atoms with Gasteiger partial charge in [0.15, 0.2) is 0 Å². The molecule has 0 N–H and O–H groups in total. The van der Waals surface area contributed by atoms with E-state index < -0.39 is 0 Å². The summed E-state index contributed by atoms with van der Waals surface area (Å²) in [6.45, 7) is 0. The molecule has 0 atom stereocenters. The number of hydrogen-bond acceptors (Lipinski definition) is 0. The van der Waals surface area contributed by atoms with Gasteiger partial charge in [-0.2, -0.15) is 0 Å². The molecule has 0 fully saturated rings. The molecule has 0 saturated heterocycles. The molecule has 36 valence electrons. The standard InChI is InChI=1S/C5H4IO/c6-5-3-1-2-4-7-5/h1-4H/q+1. The van der Waals surface area contributed by atoms with Gasteiger partial charge in [-0.05, 0) is 6.07 Å². The Kier molecular flexibility index (Phi) is 1.62. The van der Waals surface area contributed by atoms with Crippen LogP contribution in [0.1, 0.15) is 0 Å². The van der Waals surface area contributed by atoms with E-state index in [4.69, 9.17) is 4.42 Å². The van der Waals surface area contributed by atoms with Gasteiger partial charge in [-0.3, -0.25) is 0 Å². The molecule has 0 radical (unpaired) electrons. The molecule has 1 aromatic heterocycles. The molecule has 2 heteroatoms. The van der Waals surface area contributed by atoms with Crippen LogP contribution < -0.4 is 0 Å². The summed E-state index contributed by atoms with van der Waals surface area (Å²) in [5.41, 5.74) is 0. The Morgan fingerprint density at radius 2 is 2.29 bits per heavy atom. The molecule has 0 aliphatic carbocycles. The van der Waals surface area contributed by atoms with Crippen molar-refractivity contribution >= 4 is 22.6 Å². The van der Waals surface area contributed by atoms with Crippen molar-refractivity contribution in [3.63, 3.8) is 0 Å². The summed E-state index contributed by atoms with van der Waals surface area (Å²) in [5.74, 6) is 0. The zero-order chi connectivity index (χ0) is 5.11. The molecule has 1 aromatic rings. The third kappa shape index (κ3) is 1.43. The average Bonchev–Trinajstić information content (AvgIpc) is 1.69. The summed E-state index contributed by atoms with van der Waals surface area (Å²) in [5, 5.41) is 0. The van der Waals surface area contributed by atoms with Gasteiger partial charge in [-0.25, -0.2) is 4.42 Å². The lowest BCUT2D eigenvalue weighted by Crippen LogP contribution is -1.61. The van der Waals surface area contributed by atoms with E-state index in [0.29, 0.717) is 0 Å². The Bertz CT molecular complexity index is 138. The highest BCUT2D eigenvalue weighted by molar-refractivity contribution is 14.1. The maximum atomic E-state index is 4.91. The quantitative estimate of drug-likeness (QED) is 0.468. The van der Waals surface area contributed by atoms with Crippen molar-refractivity contribution in [3.8, 4) is 0 Å². The molecule has 0 aliphatic rings. The van der Waals surface area contributed by atoms with Crippen molar-refractivity contribution in [1.82, 2.24) is 0 Å². The summed E-state index contributed by atoms with van der Waals surface area (Å²) >= 11 is 2.11. The second kappa shape index (κ2) is 2.26. The van der Waals surface area contributed by atoms with Gasteiger partial charge < -0.3 is 0 Å². The predicted octanol–water partition coefficient (Wildman–Crippen LogP) is 2.17. The van der Waals surface area contributed by atoms with E-state index in [2.05, 4.69) is 22.6 Å². The van der Waals surface area contributed by atoms with Gasteiger partial charge in [0.25, 0.3) is 0 Å². The Labute approximate surface area is 55.5 Å². The van der Waals surface area contributed by atoms with E-state index >= 15 is 0 Å². The monoisotopic (exact) mass is 207 g/mol. The van der Waals surface area contributed by atoms with E-state index in [-0.39, 0.29) is 0 Å². The molecule has 1 rings (SSSR count). The largest absolute Gasteiger partial charge is 0.385 e. The topological polar surface area (TPSA) is 11.3 Å². The third-order valence-electron chi connectivity index (χ3n) is 0.598. The lowest BCUT2D eigenvalue weighted by molar-refractivity contribution is 0.520. The van der Waals surface area contributed by atoms with E-state index in [1.165, 1.54) is 0 Å². The van der Waals surface area contributed by atoms with Crippen LogP contribution in [0.5, 0.6) is 0 Å². The SMILES string of the molecule is Ic1cccc[o+]1. The summed E-state index contributed by atoms with van der Waals surface area (Å²) in [6.07, 6.45) is 1.65. The highest BCUT2D eigenvalue weighted by Gasteiger charge is 1.92. The minimum atomic E-state index is 0.917. The Morgan fingerprint density at radius 3 is 2.57 bits per heavy atom. The molecule has 0 bridgehead atoms. The van der Waals surface area contributed by atoms with Crippen molar-refractivity contribution in [2.45, 2.75) is 0 Å². The van der Waals surface area contributed by atoms with Crippen molar-refractivity contribution in [2.75, 3.05) is 0 Å². The van der Waals surface area contributed by atoms with E-state index in [1.54, 1.807) is 6.26 Å².